The van der Waals surface area contributed by atoms with Crippen LogP contribution >= 0.6 is 24.0 Å². The summed E-state index contributed by atoms with van der Waals surface area (Å²) in [6, 6.07) is 10.8. The Morgan fingerprint density at radius 1 is 1.10 bits per heavy atom. The molecule has 0 saturated heterocycles. The lowest BCUT2D eigenvalue weighted by Crippen LogP contribution is -2.43. The summed E-state index contributed by atoms with van der Waals surface area (Å²) in [5.41, 5.74) is 1.30. The van der Waals surface area contributed by atoms with Crippen molar-refractivity contribution >= 4 is 40.0 Å². The molecule has 1 unspecified atom stereocenters. The van der Waals surface area contributed by atoms with E-state index in [1.807, 2.05) is 19.9 Å². The van der Waals surface area contributed by atoms with Crippen LogP contribution in [-0.2, 0) is 16.6 Å². The van der Waals surface area contributed by atoms with Gasteiger partial charge >= 0.3 is 0 Å². The topological polar surface area (TPSA) is 77.0 Å². The summed E-state index contributed by atoms with van der Waals surface area (Å²) in [4.78, 5) is 6.50. The number of hydrogen-bond acceptors (Lipinski definition) is 4. The second-order valence-corrected chi connectivity index (χ2v) is 8.95. The largest absolute Gasteiger partial charge is 0.356 e. The summed E-state index contributed by atoms with van der Waals surface area (Å²) in [6.45, 7) is 8.93. The first-order valence-corrected chi connectivity index (χ1v) is 11.6. The Labute approximate surface area is 194 Å². The van der Waals surface area contributed by atoms with Crippen LogP contribution < -0.4 is 10.6 Å². The molecule has 0 bridgehead atoms. The van der Waals surface area contributed by atoms with Gasteiger partial charge in [0.05, 0.1) is 5.75 Å². The van der Waals surface area contributed by atoms with Crippen molar-refractivity contribution in [3.63, 3.8) is 0 Å². The van der Waals surface area contributed by atoms with Crippen LogP contribution in [-0.4, -0.2) is 75.7 Å². The van der Waals surface area contributed by atoms with Crippen LogP contribution in [0.2, 0.25) is 0 Å². The molecule has 0 heterocycles. The van der Waals surface area contributed by atoms with Gasteiger partial charge in [0.2, 0.25) is 10.0 Å². The molecule has 7 nitrogen and oxygen atoms in total. The van der Waals surface area contributed by atoms with E-state index < -0.39 is 10.0 Å². The highest BCUT2D eigenvalue weighted by atomic mass is 127. The highest BCUT2D eigenvalue weighted by Gasteiger charge is 2.18. The van der Waals surface area contributed by atoms with E-state index in [1.165, 1.54) is 9.87 Å². The van der Waals surface area contributed by atoms with E-state index in [-0.39, 0.29) is 29.7 Å². The van der Waals surface area contributed by atoms with Gasteiger partial charge in [-0.2, -0.15) is 0 Å². The molecule has 0 aliphatic heterocycles. The third-order valence-corrected chi connectivity index (χ3v) is 6.88. The lowest BCUT2D eigenvalue weighted by Gasteiger charge is -2.25. The van der Waals surface area contributed by atoms with Gasteiger partial charge < -0.3 is 10.6 Å². The van der Waals surface area contributed by atoms with E-state index >= 15 is 0 Å². The summed E-state index contributed by atoms with van der Waals surface area (Å²) in [5.74, 6) is 0.693. The number of benzene rings is 1. The summed E-state index contributed by atoms with van der Waals surface area (Å²) < 4.78 is 25.9. The number of nitrogens with zero attached hydrogens (tertiary/aromatic N) is 3. The predicted octanol–water partition coefficient (Wildman–Crippen LogP) is 2.35. The molecule has 1 atom stereocenters. The average Bonchev–Trinajstić information content (AvgIpc) is 2.68. The molecular formula is C20H38IN5O2S. The number of halogens is 1. The maximum atomic E-state index is 12.2. The van der Waals surface area contributed by atoms with E-state index in [0.29, 0.717) is 31.6 Å². The number of guanidine groups is 1. The standard InChI is InChI=1S/C20H37N5O2S.HI/c1-6-25(7-2)28(26,27)16-15-23-20(21-4)22-14-13-18(3)24(5)17-19-11-9-8-10-12-19;/h8-12,18H,6-7,13-17H2,1-5H3,(H2,21,22,23);1H. The first kappa shape index (κ1) is 28.1. The lowest BCUT2D eigenvalue weighted by atomic mass is 10.1. The maximum Gasteiger partial charge on any atom is 0.215 e. The molecule has 0 aromatic heterocycles. The SMILES string of the molecule is CCN(CC)S(=O)(=O)CCNC(=NC)NCCC(C)N(C)Cc1ccccc1.I. The number of sulfonamides is 1. The van der Waals surface area contributed by atoms with Gasteiger partial charge in [-0.1, -0.05) is 44.2 Å². The average molecular weight is 540 g/mol. The molecule has 29 heavy (non-hydrogen) atoms. The Morgan fingerprint density at radius 2 is 1.69 bits per heavy atom. The summed E-state index contributed by atoms with van der Waals surface area (Å²) in [5, 5.41) is 6.36. The number of rotatable bonds is 12. The zero-order valence-electron chi connectivity index (χ0n) is 18.4. The molecule has 1 rings (SSSR count). The summed E-state index contributed by atoms with van der Waals surface area (Å²) in [7, 11) is 0.601. The van der Waals surface area contributed by atoms with Crippen molar-refractivity contribution in [2.75, 3.05) is 46.0 Å². The first-order valence-electron chi connectivity index (χ1n) is 10.0. The third-order valence-electron chi connectivity index (χ3n) is 4.86. The zero-order valence-corrected chi connectivity index (χ0v) is 21.5. The van der Waals surface area contributed by atoms with Crippen LogP contribution in [0.5, 0.6) is 0 Å². The van der Waals surface area contributed by atoms with Gasteiger partial charge in [0.1, 0.15) is 0 Å². The molecule has 2 N–H and O–H groups in total. The molecule has 168 valence electrons. The molecule has 1 aromatic rings. The van der Waals surface area contributed by atoms with Crippen molar-refractivity contribution < 1.29 is 8.42 Å². The summed E-state index contributed by atoms with van der Waals surface area (Å²) >= 11 is 0. The second-order valence-electron chi connectivity index (χ2n) is 6.86. The fourth-order valence-corrected chi connectivity index (χ4v) is 4.32. The molecular weight excluding hydrogens is 501 g/mol. The predicted molar refractivity (Wildman–Crippen MR) is 133 cm³/mol. The molecule has 1 aromatic carbocycles. The summed E-state index contributed by atoms with van der Waals surface area (Å²) in [6.07, 6.45) is 0.960. The normalized spacial score (nSPS) is 13.3. The van der Waals surface area contributed by atoms with Gasteiger partial charge in [-0.25, -0.2) is 12.7 Å². The number of nitrogens with one attached hydrogen (secondary N) is 2. The fourth-order valence-electron chi connectivity index (χ4n) is 2.91. The minimum Gasteiger partial charge on any atom is -0.356 e. The zero-order chi connectivity index (χ0) is 21.0. The quantitative estimate of drug-likeness (QED) is 0.242. The van der Waals surface area contributed by atoms with Crippen LogP contribution in [0, 0.1) is 0 Å². The highest BCUT2D eigenvalue weighted by Crippen LogP contribution is 2.07. The van der Waals surface area contributed by atoms with Crippen LogP contribution in [0.25, 0.3) is 0 Å². The van der Waals surface area contributed by atoms with E-state index in [1.54, 1.807) is 7.05 Å². The van der Waals surface area contributed by atoms with Crippen LogP contribution in [0.4, 0.5) is 0 Å². The third kappa shape index (κ3) is 10.6. The minimum absolute atomic E-state index is 0. The molecule has 0 fully saturated rings. The van der Waals surface area contributed by atoms with Crippen LogP contribution in [0.15, 0.2) is 35.3 Å². The fraction of sp³-hybridized carbons (Fsp3) is 0.650. The van der Waals surface area contributed by atoms with Crippen molar-refractivity contribution in [2.24, 2.45) is 4.99 Å². The number of aliphatic imine (C=N–C) groups is 1. The van der Waals surface area contributed by atoms with Crippen molar-refractivity contribution in [1.29, 1.82) is 0 Å². The van der Waals surface area contributed by atoms with Gasteiger partial charge in [0.15, 0.2) is 5.96 Å². The second kappa shape index (κ2) is 15.0. The molecule has 0 saturated carbocycles. The molecule has 9 heteroatoms. The molecule has 0 radical (unpaired) electrons. The number of hydrogen-bond donors (Lipinski definition) is 2. The lowest BCUT2D eigenvalue weighted by molar-refractivity contribution is 0.238. The first-order chi connectivity index (χ1) is 13.3. The van der Waals surface area contributed by atoms with Crippen LogP contribution in [0.3, 0.4) is 0 Å². The Hall–Kier alpha value is -0.910. The van der Waals surface area contributed by atoms with E-state index in [4.69, 9.17) is 0 Å². The van der Waals surface area contributed by atoms with Gasteiger partial charge in [0, 0.05) is 45.8 Å². The van der Waals surface area contributed by atoms with Gasteiger partial charge in [-0.15, -0.1) is 24.0 Å². The van der Waals surface area contributed by atoms with E-state index in [9.17, 15) is 8.42 Å². The molecule has 0 aliphatic rings. The molecule has 0 aliphatic carbocycles. The Kier molecular flexibility index (Phi) is 14.5. The molecule has 0 amide bonds. The Morgan fingerprint density at radius 3 is 2.24 bits per heavy atom. The minimum atomic E-state index is -3.22. The van der Waals surface area contributed by atoms with Crippen molar-refractivity contribution in [3.05, 3.63) is 35.9 Å². The van der Waals surface area contributed by atoms with E-state index in [2.05, 4.69) is 58.8 Å². The van der Waals surface area contributed by atoms with Crippen molar-refractivity contribution in [3.8, 4) is 0 Å². The van der Waals surface area contributed by atoms with Crippen molar-refractivity contribution in [1.82, 2.24) is 19.8 Å². The Balaban J connectivity index is 0.00000784. The van der Waals surface area contributed by atoms with Crippen LogP contribution in [0.1, 0.15) is 32.8 Å². The maximum absolute atomic E-state index is 12.2. The monoisotopic (exact) mass is 539 g/mol. The van der Waals surface area contributed by atoms with Gasteiger partial charge in [0.25, 0.3) is 0 Å². The highest BCUT2D eigenvalue weighted by molar-refractivity contribution is 14.0. The van der Waals surface area contributed by atoms with E-state index in [0.717, 1.165) is 19.5 Å². The van der Waals surface area contributed by atoms with Gasteiger partial charge in [-0.3, -0.25) is 9.89 Å². The van der Waals surface area contributed by atoms with Crippen molar-refractivity contribution in [2.45, 2.75) is 39.8 Å². The van der Waals surface area contributed by atoms with Gasteiger partial charge in [-0.05, 0) is 26.0 Å². The Bertz CT molecular complexity index is 681. The molecule has 0 spiro atoms. The smallest absolute Gasteiger partial charge is 0.215 e.